The standard InChI is InChI=1S/C12H16N2O4S.C12H18N2O2S.C6H4FNO2.C6H13NO2S.2ClH/c1-18-12(15)11(7-8-19-2)13-9-3-5-10(6-4-9)14(16)17;1-16-12(15)11(7-8-17-2)14-10-5-3-9(13)4-6-10;7-5-1-3-6(4-2-5)8(9)10;1-9-6(8)5(7)3-4-10-2;;/h3-6,11,13H,7-8H2,1-2H3;3-6,11,14H,7-8,13H2,1-2H3;1-4H;5H,3-4,7H2,1-2H3;2*1H/t2*11-;;5-;;/m00.0../s1. The SMILES string of the molecule is COC(=O)[C@@H](N)CCSC.COC(=O)[C@H](CCSC)Nc1ccc(N)cc1.COC(=O)[C@H](CCSC)Nc1ccc([N+](=O)[O-])cc1.Cl.Cl.O=[N+]([O-])c1ccc(F)cc1. The highest BCUT2D eigenvalue weighted by Crippen LogP contribution is 2.18. The number of ether oxygens (including phenoxy) is 3. The van der Waals surface area contributed by atoms with Gasteiger partial charge < -0.3 is 36.3 Å². The van der Waals surface area contributed by atoms with E-state index in [1.165, 1.54) is 33.5 Å². The first-order valence-electron chi connectivity index (χ1n) is 16.7. The van der Waals surface area contributed by atoms with Gasteiger partial charge >= 0.3 is 17.9 Å². The number of rotatable bonds is 18. The summed E-state index contributed by atoms with van der Waals surface area (Å²) < 4.78 is 26.1. The van der Waals surface area contributed by atoms with Crippen molar-refractivity contribution in [2.75, 3.05) is 73.7 Å². The minimum atomic E-state index is -0.570. The number of nitrogens with one attached hydrogen (secondary N) is 2. The number of hydrogen-bond acceptors (Lipinski definition) is 17. The van der Waals surface area contributed by atoms with Crippen molar-refractivity contribution >= 4 is 106 Å². The number of hydrogen-bond donors (Lipinski definition) is 4. The summed E-state index contributed by atoms with van der Waals surface area (Å²) in [5, 5.41) is 26.7. The average molecular weight is 916 g/mol. The van der Waals surface area contributed by atoms with Gasteiger partial charge in [-0.05, 0) is 104 Å². The molecule has 0 spiro atoms. The molecule has 0 unspecified atom stereocenters. The molecule has 58 heavy (non-hydrogen) atoms. The Balaban J connectivity index is -0.000000714. The van der Waals surface area contributed by atoms with E-state index in [1.54, 1.807) is 59.6 Å². The lowest BCUT2D eigenvalue weighted by Crippen LogP contribution is -2.31. The molecule has 6 N–H and O–H groups in total. The van der Waals surface area contributed by atoms with Gasteiger partial charge in [-0.2, -0.15) is 35.3 Å². The van der Waals surface area contributed by atoms with Crippen LogP contribution in [0, 0.1) is 26.0 Å². The maximum Gasteiger partial charge on any atom is 0.328 e. The van der Waals surface area contributed by atoms with Crippen LogP contribution in [0.5, 0.6) is 0 Å². The van der Waals surface area contributed by atoms with Crippen LogP contribution in [0.1, 0.15) is 19.3 Å². The first kappa shape index (κ1) is 58.1. The Kier molecular flexibility index (Phi) is 34.9. The van der Waals surface area contributed by atoms with Gasteiger partial charge in [0.05, 0.1) is 31.2 Å². The van der Waals surface area contributed by atoms with Crippen molar-refractivity contribution in [1.82, 2.24) is 0 Å². The first-order chi connectivity index (χ1) is 26.7. The third-order valence-corrected chi connectivity index (χ3v) is 8.97. The fraction of sp³-hybridized carbons (Fsp3) is 0.417. The van der Waals surface area contributed by atoms with Crippen LogP contribution in [0.3, 0.4) is 0 Å². The molecule has 0 amide bonds. The summed E-state index contributed by atoms with van der Waals surface area (Å²) >= 11 is 5.01. The van der Waals surface area contributed by atoms with E-state index in [4.69, 9.17) is 20.9 Å². The fourth-order valence-corrected chi connectivity index (χ4v) is 5.42. The second-order valence-electron chi connectivity index (χ2n) is 11.1. The Morgan fingerprint density at radius 2 is 0.966 bits per heavy atom. The monoisotopic (exact) mass is 914 g/mol. The number of esters is 3. The van der Waals surface area contributed by atoms with Crippen LogP contribution in [0.4, 0.5) is 32.8 Å². The topological polar surface area (TPSA) is 241 Å². The Bertz CT molecular complexity index is 1610. The molecule has 3 rings (SSSR count). The van der Waals surface area contributed by atoms with Crippen LogP contribution < -0.4 is 22.1 Å². The van der Waals surface area contributed by atoms with E-state index in [0.29, 0.717) is 24.2 Å². The lowest BCUT2D eigenvalue weighted by Gasteiger charge is -2.17. The van der Waals surface area contributed by atoms with Gasteiger partial charge in [0.1, 0.15) is 23.9 Å². The molecule has 0 aliphatic carbocycles. The fourth-order valence-electron chi connectivity index (χ4n) is 3.99. The molecular formula is C36H53Cl2FN6O10S3. The molecule has 0 aliphatic heterocycles. The molecule has 3 atom stereocenters. The number of thioether (sulfide) groups is 3. The lowest BCUT2D eigenvalue weighted by molar-refractivity contribution is -0.385. The molecule has 3 aromatic carbocycles. The molecule has 0 aromatic heterocycles. The van der Waals surface area contributed by atoms with Crippen molar-refractivity contribution in [2.24, 2.45) is 5.73 Å². The third-order valence-electron chi connectivity index (χ3n) is 7.04. The zero-order valence-corrected chi connectivity index (χ0v) is 37.0. The van der Waals surface area contributed by atoms with E-state index < -0.39 is 27.7 Å². The molecule has 3 aromatic rings. The second-order valence-corrected chi connectivity index (χ2v) is 14.0. The van der Waals surface area contributed by atoms with Crippen molar-refractivity contribution < 1.29 is 42.8 Å². The van der Waals surface area contributed by atoms with Crippen LogP contribution >= 0.6 is 60.1 Å². The molecule has 22 heteroatoms. The number of halogens is 3. The normalized spacial score (nSPS) is 11.1. The summed E-state index contributed by atoms with van der Waals surface area (Å²) in [4.78, 5) is 53.3. The number of nitrogens with zero attached hydrogens (tertiary/aromatic N) is 2. The molecule has 0 saturated carbocycles. The Morgan fingerprint density at radius 3 is 1.29 bits per heavy atom. The predicted octanol–water partition coefficient (Wildman–Crippen LogP) is 7.09. The molecule has 16 nitrogen and oxygen atoms in total. The van der Waals surface area contributed by atoms with Gasteiger partial charge in [-0.15, -0.1) is 24.8 Å². The van der Waals surface area contributed by atoms with Crippen molar-refractivity contribution in [1.29, 1.82) is 0 Å². The van der Waals surface area contributed by atoms with Crippen molar-refractivity contribution in [3.05, 3.63) is 98.8 Å². The van der Waals surface area contributed by atoms with Gasteiger partial charge in [-0.25, -0.2) is 14.0 Å². The molecule has 0 heterocycles. The van der Waals surface area contributed by atoms with Crippen LogP contribution in [-0.2, 0) is 28.6 Å². The Hall–Kier alpha value is -4.21. The van der Waals surface area contributed by atoms with E-state index in [1.807, 2.05) is 30.9 Å². The summed E-state index contributed by atoms with van der Waals surface area (Å²) in [5.41, 5.74) is 13.2. The number of nitro benzene ring substituents is 2. The number of non-ortho nitro benzene ring substituents is 2. The summed E-state index contributed by atoms with van der Waals surface area (Å²) in [6.45, 7) is 0. The molecular weight excluding hydrogens is 863 g/mol. The van der Waals surface area contributed by atoms with Gasteiger partial charge in [0.2, 0.25) is 0 Å². The molecule has 0 fully saturated rings. The smallest absolute Gasteiger partial charge is 0.328 e. The average Bonchev–Trinajstić information content (AvgIpc) is 3.20. The van der Waals surface area contributed by atoms with Crippen molar-refractivity contribution in [3.63, 3.8) is 0 Å². The number of methoxy groups -OCH3 is 3. The zero-order chi connectivity index (χ0) is 42.5. The molecule has 326 valence electrons. The summed E-state index contributed by atoms with van der Waals surface area (Å²) in [5.74, 6) is 1.25. The number of anilines is 3. The highest BCUT2D eigenvalue weighted by atomic mass is 35.5. The van der Waals surface area contributed by atoms with Crippen LogP contribution in [0.25, 0.3) is 0 Å². The number of nitro groups is 2. The number of benzene rings is 3. The minimum Gasteiger partial charge on any atom is -0.468 e. The van der Waals surface area contributed by atoms with Crippen LogP contribution in [0.2, 0.25) is 0 Å². The predicted molar refractivity (Wildman–Crippen MR) is 239 cm³/mol. The number of nitrogens with two attached hydrogens (primary N) is 2. The van der Waals surface area contributed by atoms with Gasteiger partial charge in [-0.1, -0.05) is 0 Å². The maximum absolute atomic E-state index is 12.1. The second kappa shape index (κ2) is 34.8. The first-order valence-corrected chi connectivity index (χ1v) is 20.8. The molecule has 0 aliphatic rings. The Morgan fingerprint density at radius 1 is 0.638 bits per heavy atom. The van der Waals surface area contributed by atoms with Gasteiger partial charge in [0, 0.05) is 41.3 Å². The number of nitrogen functional groups attached to an aromatic ring is 1. The highest BCUT2D eigenvalue weighted by Gasteiger charge is 2.19. The van der Waals surface area contributed by atoms with E-state index in [0.717, 1.165) is 53.6 Å². The summed E-state index contributed by atoms with van der Waals surface area (Å²) in [6, 6.07) is 16.4. The van der Waals surface area contributed by atoms with Gasteiger partial charge in [0.25, 0.3) is 11.4 Å². The zero-order valence-electron chi connectivity index (χ0n) is 33.0. The summed E-state index contributed by atoms with van der Waals surface area (Å²) in [7, 11) is 4.09. The van der Waals surface area contributed by atoms with Crippen LogP contribution in [-0.4, -0.2) is 103 Å². The largest absolute Gasteiger partial charge is 0.468 e. The molecule has 0 radical (unpaired) electrons. The highest BCUT2D eigenvalue weighted by molar-refractivity contribution is 7.98. The van der Waals surface area contributed by atoms with Crippen molar-refractivity contribution in [2.45, 2.75) is 37.4 Å². The van der Waals surface area contributed by atoms with E-state index >= 15 is 0 Å². The molecule has 0 bridgehead atoms. The van der Waals surface area contributed by atoms with Gasteiger partial charge in [0.15, 0.2) is 0 Å². The van der Waals surface area contributed by atoms with Crippen molar-refractivity contribution in [3.8, 4) is 0 Å². The Labute approximate surface area is 363 Å². The van der Waals surface area contributed by atoms with Gasteiger partial charge in [-0.3, -0.25) is 25.0 Å². The lowest BCUT2D eigenvalue weighted by atomic mass is 10.2. The van der Waals surface area contributed by atoms with E-state index in [2.05, 4.69) is 15.4 Å². The minimum absolute atomic E-state index is 0. The maximum atomic E-state index is 12.1. The van der Waals surface area contributed by atoms with E-state index in [9.17, 15) is 39.0 Å². The quantitative estimate of drug-likeness (QED) is 0.0327. The number of carbonyl (C=O) groups excluding carboxylic acids is 3. The van der Waals surface area contributed by atoms with E-state index in [-0.39, 0.29) is 60.1 Å². The molecule has 0 saturated heterocycles. The number of carbonyl (C=O) groups is 3. The third kappa shape index (κ3) is 25.9. The summed E-state index contributed by atoms with van der Waals surface area (Å²) in [6.07, 6.45) is 8.00. The van der Waals surface area contributed by atoms with Crippen LogP contribution in [0.15, 0.2) is 72.8 Å².